The van der Waals surface area contributed by atoms with E-state index in [2.05, 4.69) is 4.98 Å². The van der Waals surface area contributed by atoms with Gasteiger partial charge in [-0.1, -0.05) is 12.1 Å². The van der Waals surface area contributed by atoms with E-state index in [4.69, 9.17) is 14.7 Å². The monoisotopic (exact) mass is 235 g/mol. The van der Waals surface area contributed by atoms with Gasteiger partial charge in [-0.15, -0.1) is 0 Å². The molecule has 4 nitrogen and oxygen atoms in total. The number of pyridine rings is 1. The lowest BCUT2D eigenvalue weighted by atomic mass is 9.87. The van der Waals surface area contributed by atoms with Gasteiger partial charge in [-0.3, -0.25) is 0 Å². The number of benzene rings is 1. The van der Waals surface area contributed by atoms with Gasteiger partial charge in [-0.05, 0) is 29.2 Å². The maximum Gasteiger partial charge on any atom is 0.330 e. The molecule has 1 aliphatic heterocycles. The summed E-state index contributed by atoms with van der Waals surface area (Å²) >= 11 is 0. The van der Waals surface area contributed by atoms with Crippen molar-refractivity contribution in [2.45, 2.75) is 6.61 Å². The summed E-state index contributed by atoms with van der Waals surface area (Å²) in [7, 11) is 1.73. The van der Waals surface area contributed by atoms with Crippen LogP contribution in [0.15, 0.2) is 36.4 Å². The second-order valence-electron chi connectivity index (χ2n) is 3.86. The Morgan fingerprint density at radius 2 is 2.28 bits per heavy atom. The highest BCUT2D eigenvalue weighted by Crippen LogP contribution is 2.21. The molecule has 0 aliphatic carbocycles. The molecule has 18 heavy (non-hydrogen) atoms. The molecule has 0 saturated heterocycles. The molecular weight excluding hydrogens is 227 g/mol. The van der Waals surface area contributed by atoms with Crippen molar-refractivity contribution in [2.75, 3.05) is 0 Å². The third-order valence-corrected chi connectivity index (χ3v) is 2.62. The fourth-order valence-corrected chi connectivity index (χ4v) is 1.76. The molecule has 5 heteroatoms. The largest absolute Gasteiger partial charge is 0.439 e. The average molecular weight is 235 g/mol. The van der Waals surface area contributed by atoms with Crippen molar-refractivity contribution in [3.63, 3.8) is 0 Å². The molecular formula is C13H8BN2O2. The number of rotatable bonds is 2. The van der Waals surface area contributed by atoms with Gasteiger partial charge in [-0.2, -0.15) is 5.26 Å². The maximum absolute atomic E-state index is 8.77. The molecule has 0 atom stereocenters. The molecule has 0 spiro atoms. The molecule has 0 bridgehead atoms. The lowest BCUT2D eigenvalue weighted by Crippen LogP contribution is -2.10. The summed E-state index contributed by atoms with van der Waals surface area (Å²) in [4.78, 5) is 4.06. The second-order valence-corrected chi connectivity index (χ2v) is 3.86. The minimum atomic E-state index is 0.338. The van der Waals surface area contributed by atoms with Crippen molar-refractivity contribution in [3.05, 3.63) is 47.7 Å². The molecule has 0 amide bonds. The third-order valence-electron chi connectivity index (χ3n) is 2.62. The Bertz CT molecular complexity index is 637. The van der Waals surface area contributed by atoms with Gasteiger partial charge >= 0.3 is 7.48 Å². The van der Waals surface area contributed by atoms with Gasteiger partial charge in [-0.25, -0.2) is 4.98 Å². The summed E-state index contributed by atoms with van der Waals surface area (Å²) in [5, 5.41) is 8.77. The zero-order valence-corrected chi connectivity index (χ0v) is 9.46. The van der Waals surface area contributed by atoms with Crippen LogP contribution in [0.2, 0.25) is 0 Å². The van der Waals surface area contributed by atoms with Gasteiger partial charge < -0.3 is 9.39 Å². The van der Waals surface area contributed by atoms with Crippen LogP contribution in [0.5, 0.6) is 11.6 Å². The number of nitriles is 1. The molecule has 1 aromatic heterocycles. The fourth-order valence-electron chi connectivity index (χ4n) is 1.76. The van der Waals surface area contributed by atoms with E-state index < -0.39 is 0 Å². The quantitative estimate of drug-likeness (QED) is 0.740. The van der Waals surface area contributed by atoms with Gasteiger partial charge in [0.1, 0.15) is 17.5 Å². The van der Waals surface area contributed by atoms with Crippen molar-refractivity contribution in [3.8, 4) is 17.7 Å². The molecule has 1 aromatic carbocycles. The topological polar surface area (TPSA) is 55.1 Å². The second kappa shape index (κ2) is 4.51. The zero-order chi connectivity index (χ0) is 12.4. The lowest BCUT2D eigenvalue weighted by Gasteiger charge is -2.06. The first-order chi connectivity index (χ1) is 8.85. The number of hydrogen-bond acceptors (Lipinski definition) is 4. The minimum Gasteiger partial charge on any atom is -0.439 e. The summed E-state index contributed by atoms with van der Waals surface area (Å²) in [6.07, 6.45) is 0. The van der Waals surface area contributed by atoms with Crippen molar-refractivity contribution >= 4 is 12.9 Å². The van der Waals surface area contributed by atoms with E-state index in [-0.39, 0.29) is 0 Å². The Labute approximate surface area is 105 Å². The van der Waals surface area contributed by atoms with Crippen molar-refractivity contribution in [2.24, 2.45) is 0 Å². The van der Waals surface area contributed by atoms with Crippen LogP contribution in [-0.4, -0.2) is 12.5 Å². The first kappa shape index (κ1) is 10.8. The normalized spacial score (nSPS) is 12.4. The van der Waals surface area contributed by atoms with Crippen LogP contribution in [0.25, 0.3) is 0 Å². The Hall–Kier alpha value is -2.32. The predicted octanol–water partition coefficient (Wildman–Crippen LogP) is 1.52. The molecule has 0 N–H and O–H groups in total. The molecule has 0 unspecified atom stereocenters. The fraction of sp³-hybridized carbons (Fsp3) is 0.0769. The zero-order valence-electron chi connectivity index (χ0n) is 9.46. The van der Waals surface area contributed by atoms with Crippen molar-refractivity contribution in [1.82, 2.24) is 4.98 Å². The number of ether oxygens (including phenoxy) is 1. The van der Waals surface area contributed by atoms with Crippen LogP contribution >= 0.6 is 0 Å². The number of nitrogens with zero attached hydrogens (tertiary/aromatic N) is 2. The van der Waals surface area contributed by atoms with E-state index in [1.165, 1.54) is 0 Å². The van der Waals surface area contributed by atoms with Crippen LogP contribution in [0.1, 0.15) is 11.3 Å². The summed E-state index contributed by atoms with van der Waals surface area (Å²) in [6.45, 7) is 0.568. The first-order valence-corrected chi connectivity index (χ1v) is 5.48. The molecule has 1 radical (unpaired) electrons. The summed E-state index contributed by atoms with van der Waals surface area (Å²) in [5.41, 5.74) is 2.50. The van der Waals surface area contributed by atoms with Gasteiger partial charge in [0.25, 0.3) is 0 Å². The summed E-state index contributed by atoms with van der Waals surface area (Å²) in [5.74, 6) is 1.10. The molecule has 2 aromatic rings. The molecule has 0 fully saturated rings. The summed E-state index contributed by atoms with van der Waals surface area (Å²) in [6, 6.07) is 12.8. The van der Waals surface area contributed by atoms with Crippen LogP contribution in [0.4, 0.5) is 0 Å². The van der Waals surface area contributed by atoms with Gasteiger partial charge in [0.05, 0.1) is 6.61 Å². The van der Waals surface area contributed by atoms with Crippen molar-refractivity contribution in [1.29, 1.82) is 5.26 Å². The highest BCUT2D eigenvalue weighted by molar-refractivity contribution is 6.48. The molecule has 85 valence electrons. The molecule has 2 heterocycles. The van der Waals surface area contributed by atoms with Gasteiger partial charge in [0.15, 0.2) is 0 Å². The van der Waals surface area contributed by atoms with E-state index in [0.29, 0.717) is 23.9 Å². The number of fused-ring (bicyclic) bond motifs is 1. The predicted molar refractivity (Wildman–Crippen MR) is 65.6 cm³/mol. The maximum atomic E-state index is 8.77. The van der Waals surface area contributed by atoms with E-state index in [0.717, 1.165) is 11.0 Å². The summed E-state index contributed by atoms with van der Waals surface area (Å²) < 4.78 is 10.8. The SMILES string of the molecule is N#Cc1cccc(Oc2ccc3c(c2)CO[B]3)n1. The molecule has 3 rings (SSSR count). The Kier molecular flexibility index (Phi) is 2.71. The van der Waals surface area contributed by atoms with E-state index in [9.17, 15) is 0 Å². The van der Waals surface area contributed by atoms with Crippen LogP contribution in [0.3, 0.4) is 0 Å². The highest BCUT2D eigenvalue weighted by atomic mass is 16.5. The first-order valence-electron chi connectivity index (χ1n) is 5.48. The van der Waals surface area contributed by atoms with Gasteiger partial charge in [0.2, 0.25) is 5.88 Å². The Morgan fingerprint density at radius 3 is 3.17 bits per heavy atom. The smallest absolute Gasteiger partial charge is 0.330 e. The molecule has 0 saturated carbocycles. The Balaban J connectivity index is 1.86. The minimum absolute atomic E-state index is 0.338. The Morgan fingerprint density at radius 1 is 1.33 bits per heavy atom. The number of hydrogen-bond donors (Lipinski definition) is 0. The van der Waals surface area contributed by atoms with Crippen LogP contribution in [-0.2, 0) is 11.3 Å². The van der Waals surface area contributed by atoms with E-state index >= 15 is 0 Å². The molecule has 1 aliphatic rings. The third kappa shape index (κ3) is 2.06. The average Bonchev–Trinajstić information content (AvgIpc) is 2.86. The van der Waals surface area contributed by atoms with Crippen LogP contribution in [0, 0.1) is 11.3 Å². The lowest BCUT2D eigenvalue weighted by molar-refractivity contribution is 0.344. The van der Waals surface area contributed by atoms with E-state index in [1.54, 1.807) is 25.7 Å². The van der Waals surface area contributed by atoms with Gasteiger partial charge in [0, 0.05) is 6.07 Å². The van der Waals surface area contributed by atoms with Crippen molar-refractivity contribution < 1.29 is 9.39 Å². The number of aromatic nitrogens is 1. The van der Waals surface area contributed by atoms with E-state index in [1.807, 2.05) is 24.3 Å². The highest BCUT2D eigenvalue weighted by Gasteiger charge is 2.14. The van der Waals surface area contributed by atoms with Crippen LogP contribution < -0.4 is 10.2 Å². The standard InChI is InChI=1S/C13H8BN2O2/c15-7-10-2-1-3-13(16-10)18-11-4-5-12-9(6-11)8-17-14-12/h1-6H,8H2.